The summed E-state index contributed by atoms with van der Waals surface area (Å²) in [5.74, 6) is 0.704. The Balaban J connectivity index is 2.20. The van der Waals surface area contributed by atoms with E-state index in [2.05, 4.69) is 31.3 Å². The highest BCUT2D eigenvalue weighted by molar-refractivity contribution is 5.62. The van der Waals surface area contributed by atoms with Crippen LogP contribution in [-0.2, 0) is 0 Å². The molecule has 1 saturated carbocycles. The lowest BCUT2D eigenvalue weighted by molar-refractivity contribution is 0.349. The molecule has 1 aromatic carbocycles. The van der Waals surface area contributed by atoms with Crippen LogP contribution in [0.3, 0.4) is 0 Å². The molecule has 1 aliphatic rings. The lowest BCUT2D eigenvalue weighted by atomic mass is 9.85. The molecule has 0 radical (unpaired) electrons. The smallest absolute Gasteiger partial charge is 0.101 e. The SMILES string of the molecule is Cc1cccc(C#N)c1NC1CCCCC1C. The van der Waals surface area contributed by atoms with Crippen LogP contribution in [-0.4, -0.2) is 6.04 Å². The number of para-hydroxylation sites is 1. The number of rotatable bonds is 2. The third-order valence-electron chi connectivity index (χ3n) is 3.83. The topological polar surface area (TPSA) is 35.8 Å². The summed E-state index contributed by atoms with van der Waals surface area (Å²) < 4.78 is 0. The molecule has 2 rings (SSSR count). The first kappa shape index (κ1) is 12.0. The fourth-order valence-corrected chi connectivity index (χ4v) is 2.67. The maximum Gasteiger partial charge on any atom is 0.101 e. The maximum atomic E-state index is 9.15. The van der Waals surface area contributed by atoms with Crippen molar-refractivity contribution in [2.75, 3.05) is 5.32 Å². The summed E-state index contributed by atoms with van der Waals surface area (Å²) in [4.78, 5) is 0. The Morgan fingerprint density at radius 1 is 1.29 bits per heavy atom. The van der Waals surface area contributed by atoms with E-state index in [0.717, 1.165) is 11.3 Å². The molecule has 1 aromatic rings. The van der Waals surface area contributed by atoms with Gasteiger partial charge in [0, 0.05) is 6.04 Å². The van der Waals surface area contributed by atoms with Gasteiger partial charge in [0.2, 0.25) is 0 Å². The monoisotopic (exact) mass is 228 g/mol. The Kier molecular flexibility index (Phi) is 3.68. The number of aryl methyl sites for hydroxylation is 1. The maximum absolute atomic E-state index is 9.15. The zero-order valence-electron chi connectivity index (χ0n) is 10.7. The second-order valence-electron chi connectivity index (χ2n) is 5.12. The molecule has 0 aliphatic heterocycles. The van der Waals surface area contributed by atoms with Crippen LogP contribution in [0, 0.1) is 24.2 Å². The van der Waals surface area contributed by atoms with Gasteiger partial charge >= 0.3 is 0 Å². The molecule has 0 aromatic heterocycles. The predicted octanol–water partition coefficient (Wildman–Crippen LogP) is 3.86. The highest BCUT2D eigenvalue weighted by atomic mass is 14.9. The van der Waals surface area contributed by atoms with E-state index < -0.39 is 0 Å². The quantitative estimate of drug-likeness (QED) is 0.834. The van der Waals surface area contributed by atoms with Crippen LogP contribution in [0.4, 0.5) is 5.69 Å². The molecule has 1 N–H and O–H groups in total. The summed E-state index contributed by atoms with van der Waals surface area (Å²) in [6.45, 7) is 4.37. The van der Waals surface area contributed by atoms with Crippen LogP contribution in [0.2, 0.25) is 0 Å². The van der Waals surface area contributed by atoms with Crippen molar-refractivity contribution in [1.29, 1.82) is 5.26 Å². The number of nitrogens with zero attached hydrogens (tertiary/aromatic N) is 1. The fraction of sp³-hybridized carbons (Fsp3) is 0.533. The van der Waals surface area contributed by atoms with E-state index >= 15 is 0 Å². The molecule has 0 amide bonds. The van der Waals surface area contributed by atoms with Crippen LogP contribution in [0.1, 0.15) is 43.7 Å². The molecule has 2 atom stereocenters. The van der Waals surface area contributed by atoms with E-state index in [9.17, 15) is 0 Å². The second kappa shape index (κ2) is 5.23. The first-order chi connectivity index (χ1) is 8.22. The number of nitrogens with one attached hydrogen (secondary N) is 1. The molecule has 17 heavy (non-hydrogen) atoms. The second-order valence-corrected chi connectivity index (χ2v) is 5.12. The van der Waals surface area contributed by atoms with Crippen molar-refractivity contribution in [2.24, 2.45) is 5.92 Å². The van der Waals surface area contributed by atoms with E-state index in [1.54, 1.807) is 0 Å². The Bertz CT molecular complexity index is 431. The van der Waals surface area contributed by atoms with Crippen LogP contribution in [0.5, 0.6) is 0 Å². The summed E-state index contributed by atoms with van der Waals surface area (Å²) in [6, 6.07) is 8.71. The molecule has 0 bridgehead atoms. The Hall–Kier alpha value is -1.49. The van der Waals surface area contributed by atoms with Gasteiger partial charge < -0.3 is 5.32 Å². The normalized spacial score (nSPS) is 24.1. The summed E-state index contributed by atoms with van der Waals surface area (Å²) in [7, 11) is 0. The molecule has 90 valence electrons. The number of benzene rings is 1. The van der Waals surface area contributed by atoms with Crippen molar-refractivity contribution in [3.05, 3.63) is 29.3 Å². The Morgan fingerprint density at radius 2 is 2.06 bits per heavy atom. The zero-order valence-corrected chi connectivity index (χ0v) is 10.7. The van der Waals surface area contributed by atoms with Gasteiger partial charge in [-0.25, -0.2) is 0 Å². The van der Waals surface area contributed by atoms with E-state index in [1.807, 2.05) is 12.1 Å². The van der Waals surface area contributed by atoms with Crippen molar-refractivity contribution in [1.82, 2.24) is 0 Å². The molecular weight excluding hydrogens is 208 g/mol. The Morgan fingerprint density at radius 3 is 2.76 bits per heavy atom. The predicted molar refractivity (Wildman–Crippen MR) is 70.9 cm³/mol. The molecule has 0 heterocycles. The van der Waals surface area contributed by atoms with Crippen molar-refractivity contribution >= 4 is 5.69 Å². The van der Waals surface area contributed by atoms with Gasteiger partial charge in [-0.05, 0) is 37.3 Å². The van der Waals surface area contributed by atoms with Gasteiger partial charge in [-0.1, -0.05) is 31.9 Å². The molecule has 2 unspecified atom stereocenters. The molecule has 1 fully saturated rings. The summed E-state index contributed by atoms with van der Waals surface area (Å²) >= 11 is 0. The summed E-state index contributed by atoms with van der Waals surface area (Å²) in [5.41, 5.74) is 2.97. The van der Waals surface area contributed by atoms with Crippen LogP contribution < -0.4 is 5.32 Å². The molecular formula is C15H20N2. The van der Waals surface area contributed by atoms with Gasteiger partial charge in [0.25, 0.3) is 0 Å². The van der Waals surface area contributed by atoms with E-state index in [1.165, 1.54) is 31.2 Å². The van der Waals surface area contributed by atoms with Gasteiger partial charge in [-0.15, -0.1) is 0 Å². The average Bonchev–Trinajstić information content (AvgIpc) is 2.34. The number of nitriles is 1. The van der Waals surface area contributed by atoms with Gasteiger partial charge in [0.1, 0.15) is 6.07 Å². The van der Waals surface area contributed by atoms with E-state index in [4.69, 9.17) is 5.26 Å². The average molecular weight is 228 g/mol. The first-order valence-electron chi connectivity index (χ1n) is 6.48. The summed E-state index contributed by atoms with van der Waals surface area (Å²) in [5, 5.41) is 12.7. The van der Waals surface area contributed by atoms with Gasteiger partial charge in [-0.2, -0.15) is 5.26 Å². The number of anilines is 1. The van der Waals surface area contributed by atoms with E-state index in [0.29, 0.717) is 12.0 Å². The molecule has 2 nitrogen and oxygen atoms in total. The lowest BCUT2D eigenvalue weighted by Crippen LogP contribution is -2.30. The summed E-state index contributed by atoms with van der Waals surface area (Å²) in [6.07, 6.45) is 5.17. The Labute approximate surface area is 104 Å². The van der Waals surface area contributed by atoms with Gasteiger partial charge in [0.05, 0.1) is 11.3 Å². The van der Waals surface area contributed by atoms with Crippen molar-refractivity contribution in [3.8, 4) is 6.07 Å². The molecule has 2 heteroatoms. The largest absolute Gasteiger partial charge is 0.381 e. The minimum atomic E-state index is 0.525. The number of hydrogen-bond acceptors (Lipinski definition) is 2. The minimum absolute atomic E-state index is 0.525. The van der Waals surface area contributed by atoms with Gasteiger partial charge in [0.15, 0.2) is 0 Å². The third kappa shape index (κ3) is 2.61. The van der Waals surface area contributed by atoms with Crippen molar-refractivity contribution in [3.63, 3.8) is 0 Å². The molecule has 0 saturated heterocycles. The van der Waals surface area contributed by atoms with Crippen LogP contribution in [0.25, 0.3) is 0 Å². The highest BCUT2D eigenvalue weighted by Crippen LogP contribution is 2.29. The van der Waals surface area contributed by atoms with Crippen molar-refractivity contribution < 1.29 is 0 Å². The zero-order chi connectivity index (χ0) is 12.3. The lowest BCUT2D eigenvalue weighted by Gasteiger charge is -2.31. The van der Waals surface area contributed by atoms with Gasteiger partial charge in [-0.3, -0.25) is 0 Å². The first-order valence-corrected chi connectivity index (χ1v) is 6.48. The van der Waals surface area contributed by atoms with Crippen LogP contribution in [0.15, 0.2) is 18.2 Å². The standard InChI is InChI=1S/C15H20N2/c1-11-6-3-4-9-14(11)17-15-12(2)7-5-8-13(15)10-16/h5,7-8,11,14,17H,3-4,6,9H2,1-2H3. The van der Waals surface area contributed by atoms with Crippen molar-refractivity contribution in [2.45, 2.75) is 45.6 Å². The fourth-order valence-electron chi connectivity index (χ4n) is 2.67. The minimum Gasteiger partial charge on any atom is -0.381 e. The van der Waals surface area contributed by atoms with Crippen LogP contribution >= 0.6 is 0 Å². The molecule has 0 spiro atoms. The highest BCUT2D eigenvalue weighted by Gasteiger charge is 2.22. The third-order valence-corrected chi connectivity index (χ3v) is 3.83. The molecule has 1 aliphatic carbocycles. The van der Waals surface area contributed by atoms with E-state index in [-0.39, 0.29) is 0 Å². The number of hydrogen-bond donors (Lipinski definition) is 1.